The first-order chi connectivity index (χ1) is 23.1. The van der Waals surface area contributed by atoms with E-state index in [1.165, 1.54) is 6.20 Å². The fourth-order valence-electron chi connectivity index (χ4n) is 6.55. The molecule has 13 nitrogen and oxygen atoms in total. The summed E-state index contributed by atoms with van der Waals surface area (Å²) < 4.78 is 5.45. The van der Waals surface area contributed by atoms with Gasteiger partial charge in [-0.2, -0.15) is 5.10 Å². The summed E-state index contributed by atoms with van der Waals surface area (Å²) in [5, 5.41) is 17.1. The molecule has 258 valence electrons. The molecular weight excluding hydrogens is 630 g/mol. The molecule has 3 atom stereocenters. The molecule has 5 rings (SSSR count). The molecule has 4 amide bonds. The summed E-state index contributed by atoms with van der Waals surface area (Å²) in [6.07, 6.45) is 9.01. The van der Waals surface area contributed by atoms with Crippen LogP contribution in [0.2, 0.25) is 0 Å². The van der Waals surface area contributed by atoms with Crippen molar-refractivity contribution in [2.45, 2.75) is 83.3 Å². The number of rotatable bonds is 11. The van der Waals surface area contributed by atoms with Crippen molar-refractivity contribution in [3.63, 3.8) is 0 Å². The maximum atomic E-state index is 13.8. The molecule has 3 aromatic rings. The molecular formula is C34H47N9O4S. The molecule has 0 spiro atoms. The van der Waals surface area contributed by atoms with E-state index in [0.717, 1.165) is 68.7 Å². The highest BCUT2D eigenvalue weighted by Crippen LogP contribution is 2.28. The third kappa shape index (κ3) is 8.64. The molecule has 2 aliphatic rings. The van der Waals surface area contributed by atoms with Crippen LogP contribution in [-0.4, -0.2) is 98.1 Å². The van der Waals surface area contributed by atoms with E-state index in [2.05, 4.69) is 35.5 Å². The van der Waals surface area contributed by atoms with Crippen LogP contribution in [0.5, 0.6) is 0 Å². The fourth-order valence-corrected chi connectivity index (χ4v) is 6.97. The van der Waals surface area contributed by atoms with Crippen molar-refractivity contribution in [1.29, 1.82) is 0 Å². The molecule has 2 aromatic heterocycles. The van der Waals surface area contributed by atoms with Gasteiger partial charge in [-0.1, -0.05) is 49.2 Å². The van der Waals surface area contributed by atoms with Gasteiger partial charge in [0.15, 0.2) is 0 Å². The number of anilines is 1. The van der Waals surface area contributed by atoms with Gasteiger partial charge in [0, 0.05) is 50.0 Å². The third-order valence-electron chi connectivity index (χ3n) is 9.49. The number of nitrogens with one attached hydrogen (secondary N) is 3. The SMILES string of the molecule is CC(c1ccc(NC(=O)C(NC(=O)c2ccnn2C(C)C)C2CCCCCC2)cc1)C(NC(=O)c1cnns1)C(=O)N1CCN(C)CC1. The Bertz CT molecular complexity index is 1530. The lowest BCUT2D eigenvalue weighted by atomic mass is 9.90. The van der Waals surface area contributed by atoms with Gasteiger partial charge in [0.05, 0.1) is 6.20 Å². The van der Waals surface area contributed by atoms with Gasteiger partial charge < -0.3 is 25.8 Å². The Morgan fingerprint density at radius 3 is 2.19 bits per heavy atom. The molecule has 2 fully saturated rings. The van der Waals surface area contributed by atoms with E-state index in [-0.39, 0.29) is 35.6 Å². The third-order valence-corrected chi connectivity index (χ3v) is 10.2. The van der Waals surface area contributed by atoms with Gasteiger partial charge in [-0.3, -0.25) is 23.9 Å². The summed E-state index contributed by atoms with van der Waals surface area (Å²) in [6.45, 7) is 8.52. The van der Waals surface area contributed by atoms with Crippen LogP contribution in [-0.2, 0) is 9.59 Å². The summed E-state index contributed by atoms with van der Waals surface area (Å²) in [4.78, 5) is 58.4. The first-order valence-corrected chi connectivity index (χ1v) is 17.7. The molecule has 0 bridgehead atoms. The molecule has 1 saturated carbocycles. The second-order valence-electron chi connectivity index (χ2n) is 13.2. The molecule has 0 radical (unpaired) electrons. The van der Waals surface area contributed by atoms with Crippen molar-refractivity contribution in [3.8, 4) is 0 Å². The summed E-state index contributed by atoms with van der Waals surface area (Å²) in [5.74, 6) is -1.46. The topological polar surface area (TPSA) is 154 Å². The van der Waals surface area contributed by atoms with E-state index in [0.29, 0.717) is 29.3 Å². The van der Waals surface area contributed by atoms with Crippen molar-refractivity contribution in [3.05, 3.63) is 58.9 Å². The number of nitrogens with zero attached hydrogens (tertiary/aromatic N) is 6. The molecule has 3 heterocycles. The molecule has 14 heteroatoms. The monoisotopic (exact) mass is 677 g/mol. The summed E-state index contributed by atoms with van der Waals surface area (Å²) in [7, 11) is 2.02. The summed E-state index contributed by atoms with van der Waals surface area (Å²) in [6, 6.07) is 7.50. The minimum atomic E-state index is -0.808. The van der Waals surface area contributed by atoms with Crippen molar-refractivity contribution < 1.29 is 19.2 Å². The largest absolute Gasteiger partial charge is 0.339 e. The van der Waals surface area contributed by atoms with E-state index >= 15 is 0 Å². The standard InChI is InChI=1S/C34H47N9O4S/c1-22(2)43-27(15-16-36-43)31(44)39-30(25-9-7-5-6-8-10-25)33(46)37-26-13-11-24(12-14-26)23(3)29(38-32(45)28-21-35-40-48-28)34(47)42-19-17-41(4)18-20-42/h11-16,21-23,25,29-30H,5-10,17-20H2,1-4H3,(H,37,46)(H,38,45)(H,39,44). The Hall–Kier alpha value is -4.17. The minimum absolute atomic E-state index is 0.00120. The zero-order valence-electron chi connectivity index (χ0n) is 28.2. The molecule has 3 unspecified atom stereocenters. The zero-order valence-corrected chi connectivity index (χ0v) is 29.0. The number of hydrogen-bond donors (Lipinski definition) is 3. The Labute approximate surface area is 286 Å². The molecule has 1 aliphatic carbocycles. The summed E-state index contributed by atoms with van der Waals surface area (Å²) in [5.41, 5.74) is 1.84. The van der Waals surface area contributed by atoms with E-state index in [1.807, 2.05) is 40.0 Å². The van der Waals surface area contributed by atoms with E-state index < -0.39 is 18.0 Å². The average Bonchev–Trinajstić information content (AvgIpc) is 3.75. The van der Waals surface area contributed by atoms with Crippen LogP contribution < -0.4 is 16.0 Å². The maximum absolute atomic E-state index is 13.8. The predicted molar refractivity (Wildman–Crippen MR) is 184 cm³/mol. The van der Waals surface area contributed by atoms with Crippen molar-refractivity contribution in [1.82, 2.24) is 39.8 Å². The van der Waals surface area contributed by atoms with Crippen molar-refractivity contribution in [2.75, 3.05) is 38.5 Å². The van der Waals surface area contributed by atoms with Gasteiger partial charge in [0.1, 0.15) is 22.7 Å². The molecule has 48 heavy (non-hydrogen) atoms. The van der Waals surface area contributed by atoms with Gasteiger partial charge in [-0.15, -0.1) is 5.10 Å². The zero-order chi connectivity index (χ0) is 34.2. The lowest BCUT2D eigenvalue weighted by molar-refractivity contribution is -0.135. The first-order valence-electron chi connectivity index (χ1n) is 16.9. The van der Waals surface area contributed by atoms with Gasteiger partial charge in [0.2, 0.25) is 11.8 Å². The Morgan fingerprint density at radius 1 is 0.875 bits per heavy atom. The lowest BCUT2D eigenvalue weighted by Gasteiger charge is -2.36. The highest BCUT2D eigenvalue weighted by atomic mass is 32.1. The Morgan fingerprint density at radius 2 is 1.56 bits per heavy atom. The van der Waals surface area contributed by atoms with Gasteiger partial charge >= 0.3 is 0 Å². The average molecular weight is 678 g/mol. The van der Waals surface area contributed by atoms with E-state index in [1.54, 1.807) is 34.0 Å². The van der Waals surface area contributed by atoms with Crippen LogP contribution in [0.25, 0.3) is 0 Å². The van der Waals surface area contributed by atoms with E-state index in [9.17, 15) is 19.2 Å². The number of likely N-dealkylation sites (N-methyl/N-ethyl adjacent to an activating group) is 1. The quantitative estimate of drug-likeness (QED) is 0.260. The maximum Gasteiger partial charge on any atom is 0.270 e. The normalized spacial score (nSPS) is 18.1. The Kier molecular flexibility index (Phi) is 11.9. The van der Waals surface area contributed by atoms with Crippen LogP contribution in [0.4, 0.5) is 5.69 Å². The van der Waals surface area contributed by atoms with Crippen LogP contribution in [0, 0.1) is 5.92 Å². The predicted octanol–water partition coefficient (Wildman–Crippen LogP) is 3.70. The van der Waals surface area contributed by atoms with E-state index in [4.69, 9.17) is 0 Å². The number of benzene rings is 1. The van der Waals surface area contributed by atoms with Gasteiger partial charge in [0.25, 0.3) is 11.8 Å². The number of piperazine rings is 1. The second kappa shape index (κ2) is 16.3. The number of hydrogen-bond acceptors (Lipinski definition) is 9. The molecule has 3 N–H and O–H groups in total. The van der Waals surface area contributed by atoms with Crippen molar-refractivity contribution >= 4 is 40.8 Å². The number of carbonyl (C=O) groups excluding carboxylic acids is 4. The molecule has 1 saturated heterocycles. The number of aromatic nitrogens is 4. The fraction of sp³-hybridized carbons (Fsp3) is 0.559. The second-order valence-corrected chi connectivity index (χ2v) is 14.0. The smallest absolute Gasteiger partial charge is 0.270 e. The minimum Gasteiger partial charge on any atom is -0.339 e. The molecule has 1 aromatic carbocycles. The summed E-state index contributed by atoms with van der Waals surface area (Å²) >= 11 is 0.978. The highest BCUT2D eigenvalue weighted by Gasteiger charge is 2.34. The van der Waals surface area contributed by atoms with Crippen LogP contribution in [0.15, 0.2) is 42.7 Å². The lowest BCUT2D eigenvalue weighted by Crippen LogP contribution is -2.55. The Balaban J connectivity index is 1.31. The highest BCUT2D eigenvalue weighted by molar-refractivity contribution is 7.07. The van der Waals surface area contributed by atoms with Gasteiger partial charge in [-0.25, -0.2) is 0 Å². The number of carbonyl (C=O) groups is 4. The van der Waals surface area contributed by atoms with Crippen molar-refractivity contribution in [2.24, 2.45) is 5.92 Å². The van der Waals surface area contributed by atoms with Crippen LogP contribution >= 0.6 is 11.5 Å². The molecule has 1 aliphatic heterocycles. The van der Waals surface area contributed by atoms with Crippen LogP contribution in [0.1, 0.15) is 97.0 Å². The first kappa shape index (κ1) is 35.1. The van der Waals surface area contributed by atoms with Crippen LogP contribution in [0.3, 0.4) is 0 Å². The number of amides is 4. The van der Waals surface area contributed by atoms with Gasteiger partial charge in [-0.05, 0) is 74.9 Å².